The fourth-order valence-electron chi connectivity index (χ4n) is 3.00. The van der Waals surface area contributed by atoms with Crippen molar-refractivity contribution >= 4 is 23.3 Å². The molecule has 0 radical (unpaired) electrons. The lowest BCUT2D eigenvalue weighted by Crippen LogP contribution is -2.51. The van der Waals surface area contributed by atoms with E-state index in [4.69, 9.17) is 16.3 Å². The topological polar surface area (TPSA) is 44.8 Å². The molecule has 6 heteroatoms. The molecule has 2 amide bonds. The molecule has 1 heterocycles. The number of ether oxygens (including phenoxy) is 1. The highest BCUT2D eigenvalue weighted by molar-refractivity contribution is 6.30. The van der Waals surface area contributed by atoms with Crippen LogP contribution < -0.4 is 15.0 Å². The highest BCUT2D eigenvalue weighted by Gasteiger charge is 2.21. The van der Waals surface area contributed by atoms with Crippen molar-refractivity contribution in [3.05, 3.63) is 59.1 Å². The van der Waals surface area contributed by atoms with E-state index >= 15 is 0 Å². The van der Waals surface area contributed by atoms with Crippen LogP contribution in [0.25, 0.3) is 0 Å². The molecule has 5 nitrogen and oxygen atoms in total. The van der Waals surface area contributed by atoms with Gasteiger partial charge in [-0.25, -0.2) is 4.79 Å². The quantitative estimate of drug-likeness (QED) is 0.867. The summed E-state index contributed by atoms with van der Waals surface area (Å²) in [6.45, 7) is 6.12. The van der Waals surface area contributed by atoms with Crippen LogP contribution in [0.3, 0.4) is 0 Å². The molecule has 1 fully saturated rings. The van der Waals surface area contributed by atoms with E-state index in [1.165, 1.54) is 0 Å². The fourth-order valence-corrected chi connectivity index (χ4v) is 3.18. The Labute approximate surface area is 159 Å². The molecule has 0 aliphatic carbocycles. The average molecular weight is 374 g/mol. The van der Waals surface area contributed by atoms with Gasteiger partial charge in [-0.3, -0.25) is 0 Å². The van der Waals surface area contributed by atoms with E-state index in [9.17, 15) is 4.79 Å². The van der Waals surface area contributed by atoms with Crippen molar-refractivity contribution in [1.82, 2.24) is 10.2 Å². The molecule has 3 rings (SSSR count). The average Bonchev–Trinajstić information content (AvgIpc) is 2.67. The highest BCUT2D eigenvalue weighted by Crippen LogP contribution is 2.20. The Morgan fingerprint density at radius 3 is 2.50 bits per heavy atom. The van der Waals surface area contributed by atoms with Gasteiger partial charge in [-0.15, -0.1) is 0 Å². The van der Waals surface area contributed by atoms with Crippen LogP contribution in [0.15, 0.2) is 48.5 Å². The Balaban J connectivity index is 1.46. The fraction of sp³-hybridized carbons (Fsp3) is 0.350. The Hall–Kier alpha value is -2.40. The molecule has 1 aliphatic heterocycles. The van der Waals surface area contributed by atoms with Gasteiger partial charge in [0, 0.05) is 43.4 Å². The standard InChI is InChI=1S/C20H24ClN3O2/c1-2-26-19-8-6-16(7-9-19)15-22-20(25)24-12-10-23(11-13-24)18-5-3-4-17(21)14-18/h3-9,14H,2,10-13,15H2,1H3,(H,22,25). The third-order valence-electron chi connectivity index (χ3n) is 4.42. The predicted octanol–water partition coefficient (Wildman–Crippen LogP) is 3.77. The van der Waals surface area contributed by atoms with Gasteiger partial charge in [0.05, 0.1) is 6.61 Å². The van der Waals surface area contributed by atoms with Gasteiger partial charge in [0.2, 0.25) is 0 Å². The minimum Gasteiger partial charge on any atom is -0.494 e. The maximum absolute atomic E-state index is 12.4. The van der Waals surface area contributed by atoms with Crippen LogP contribution in [-0.2, 0) is 6.54 Å². The summed E-state index contributed by atoms with van der Waals surface area (Å²) in [5.74, 6) is 0.847. The zero-order valence-electron chi connectivity index (χ0n) is 15.0. The lowest BCUT2D eigenvalue weighted by atomic mass is 10.2. The summed E-state index contributed by atoms with van der Waals surface area (Å²) in [6.07, 6.45) is 0. The van der Waals surface area contributed by atoms with Gasteiger partial charge in [-0.1, -0.05) is 29.8 Å². The number of nitrogens with zero attached hydrogens (tertiary/aromatic N) is 2. The number of anilines is 1. The zero-order valence-corrected chi connectivity index (χ0v) is 15.7. The second kappa shape index (κ2) is 8.81. The van der Waals surface area contributed by atoms with Gasteiger partial charge in [0.1, 0.15) is 5.75 Å². The van der Waals surface area contributed by atoms with E-state index in [0.717, 1.165) is 35.1 Å². The Morgan fingerprint density at radius 1 is 1.12 bits per heavy atom. The van der Waals surface area contributed by atoms with Crippen molar-refractivity contribution in [2.24, 2.45) is 0 Å². The second-order valence-corrected chi connectivity index (χ2v) is 6.63. The second-order valence-electron chi connectivity index (χ2n) is 6.19. The van der Waals surface area contributed by atoms with E-state index in [2.05, 4.69) is 10.2 Å². The Kier molecular flexibility index (Phi) is 6.23. The number of hydrogen-bond donors (Lipinski definition) is 1. The molecule has 0 saturated carbocycles. The molecule has 0 atom stereocenters. The summed E-state index contributed by atoms with van der Waals surface area (Å²) in [5.41, 5.74) is 2.16. The van der Waals surface area contributed by atoms with Crippen molar-refractivity contribution in [1.29, 1.82) is 0 Å². The minimum atomic E-state index is -0.0235. The van der Waals surface area contributed by atoms with Gasteiger partial charge in [0.15, 0.2) is 0 Å². The van der Waals surface area contributed by atoms with Gasteiger partial charge >= 0.3 is 6.03 Å². The lowest BCUT2D eigenvalue weighted by Gasteiger charge is -2.36. The SMILES string of the molecule is CCOc1ccc(CNC(=O)N2CCN(c3cccc(Cl)c3)CC2)cc1. The van der Waals surface area contributed by atoms with Crippen LogP contribution in [0.5, 0.6) is 5.75 Å². The van der Waals surface area contributed by atoms with Gasteiger partial charge in [-0.05, 0) is 42.8 Å². The molecule has 1 aliphatic rings. The first kappa shape index (κ1) is 18.4. The number of hydrogen-bond acceptors (Lipinski definition) is 3. The molecule has 2 aromatic rings. The van der Waals surface area contributed by atoms with Gasteiger partial charge in [-0.2, -0.15) is 0 Å². The Bertz CT molecular complexity index is 728. The Morgan fingerprint density at radius 2 is 1.85 bits per heavy atom. The number of nitrogens with one attached hydrogen (secondary N) is 1. The van der Waals surface area contributed by atoms with Crippen molar-refractivity contribution in [3.8, 4) is 5.75 Å². The normalized spacial score (nSPS) is 14.2. The monoisotopic (exact) mass is 373 g/mol. The maximum atomic E-state index is 12.4. The largest absolute Gasteiger partial charge is 0.494 e. The van der Waals surface area contributed by atoms with Crippen molar-refractivity contribution in [2.75, 3.05) is 37.7 Å². The minimum absolute atomic E-state index is 0.0235. The molecule has 0 bridgehead atoms. The van der Waals surface area contributed by atoms with Crippen LogP contribution in [0, 0.1) is 0 Å². The summed E-state index contributed by atoms with van der Waals surface area (Å²) in [4.78, 5) is 16.5. The number of carbonyl (C=O) groups excluding carboxylic acids is 1. The van der Waals surface area contributed by atoms with Crippen LogP contribution in [0.1, 0.15) is 12.5 Å². The first-order chi connectivity index (χ1) is 12.7. The van der Waals surface area contributed by atoms with E-state index in [1.54, 1.807) is 0 Å². The summed E-state index contributed by atoms with van der Waals surface area (Å²) in [6, 6.07) is 15.6. The van der Waals surface area contributed by atoms with Crippen LogP contribution >= 0.6 is 11.6 Å². The molecule has 0 unspecified atom stereocenters. The number of rotatable bonds is 5. The smallest absolute Gasteiger partial charge is 0.317 e. The number of urea groups is 1. The maximum Gasteiger partial charge on any atom is 0.317 e. The molecule has 1 N–H and O–H groups in total. The van der Waals surface area contributed by atoms with Crippen molar-refractivity contribution in [3.63, 3.8) is 0 Å². The third kappa shape index (κ3) is 4.82. The van der Waals surface area contributed by atoms with Crippen molar-refractivity contribution in [2.45, 2.75) is 13.5 Å². The third-order valence-corrected chi connectivity index (χ3v) is 4.65. The summed E-state index contributed by atoms with van der Waals surface area (Å²) in [5, 5.41) is 3.72. The molecular formula is C20H24ClN3O2. The molecular weight excluding hydrogens is 350 g/mol. The number of halogens is 1. The first-order valence-corrected chi connectivity index (χ1v) is 9.28. The molecule has 1 saturated heterocycles. The molecule has 0 spiro atoms. The summed E-state index contributed by atoms with van der Waals surface area (Å²) < 4.78 is 5.43. The predicted molar refractivity (Wildman–Crippen MR) is 105 cm³/mol. The van der Waals surface area contributed by atoms with Crippen LogP contribution in [0.2, 0.25) is 5.02 Å². The number of benzene rings is 2. The highest BCUT2D eigenvalue weighted by atomic mass is 35.5. The van der Waals surface area contributed by atoms with Crippen LogP contribution in [-0.4, -0.2) is 43.7 Å². The number of carbonyl (C=O) groups is 1. The number of amides is 2. The molecule has 26 heavy (non-hydrogen) atoms. The van der Waals surface area contributed by atoms with Crippen LogP contribution in [0.4, 0.5) is 10.5 Å². The van der Waals surface area contributed by atoms with Gasteiger partial charge < -0.3 is 19.9 Å². The summed E-state index contributed by atoms with van der Waals surface area (Å²) in [7, 11) is 0. The zero-order chi connectivity index (χ0) is 18.4. The molecule has 0 aromatic heterocycles. The summed E-state index contributed by atoms with van der Waals surface area (Å²) >= 11 is 6.06. The molecule has 138 valence electrons. The molecule has 2 aromatic carbocycles. The number of piperazine rings is 1. The van der Waals surface area contributed by atoms with E-state index in [1.807, 2.05) is 60.4 Å². The van der Waals surface area contributed by atoms with Crippen molar-refractivity contribution < 1.29 is 9.53 Å². The van der Waals surface area contributed by atoms with E-state index in [-0.39, 0.29) is 6.03 Å². The van der Waals surface area contributed by atoms with Gasteiger partial charge in [0.25, 0.3) is 0 Å². The van der Waals surface area contributed by atoms with E-state index < -0.39 is 0 Å². The first-order valence-electron chi connectivity index (χ1n) is 8.90. The lowest BCUT2D eigenvalue weighted by molar-refractivity contribution is 0.194. The van der Waals surface area contributed by atoms with E-state index in [0.29, 0.717) is 26.2 Å².